The van der Waals surface area contributed by atoms with Gasteiger partial charge < -0.3 is 0 Å². The molecule has 0 spiro atoms. The van der Waals surface area contributed by atoms with Gasteiger partial charge in [-0.2, -0.15) is 0 Å². The second-order valence-electron chi connectivity index (χ2n) is 4.14. The fourth-order valence-electron chi connectivity index (χ4n) is 1.52. The second kappa shape index (κ2) is 5.71. The highest BCUT2D eigenvalue weighted by molar-refractivity contribution is 9.10. The highest BCUT2D eigenvalue weighted by Crippen LogP contribution is 2.27. The number of anilines is 1. The second-order valence-corrected chi connectivity index (χ2v) is 7.08. The lowest BCUT2D eigenvalue weighted by atomic mass is 10.2. The van der Waals surface area contributed by atoms with Gasteiger partial charge in [0.05, 0.1) is 10.6 Å². The van der Waals surface area contributed by atoms with Crippen LogP contribution < -0.4 is 4.72 Å². The molecule has 0 aromatic heterocycles. The molecular formula is C13H10BrClFNO2S. The van der Waals surface area contributed by atoms with Gasteiger partial charge in [-0.3, -0.25) is 4.72 Å². The fraction of sp³-hybridized carbons (Fsp3) is 0.0769. The van der Waals surface area contributed by atoms with E-state index in [4.69, 9.17) is 11.6 Å². The minimum absolute atomic E-state index is 0.0457. The molecule has 0 saturated carbocycles. The van der Waals surface area contributed by atoms with E-state index in [1.54, 1.807) is 13.0 Å². The Morgan fingerprint density at radius 1 is 1.20 bits per heavy atom. The van der Waals surface area contributed by atoms with E-state index in [9.17, 15) is 12.8 Å². The summed E-state index contributed by atoms with van der Waals surface area (Å²) in [7, 11) is -3.77. The van der Waals surface area contributed by atoms with Crippen LogP contribution >= 0.6 is 27.5 Å². The number of benzene rings is 2. The maximum Gasteiger partial charge on any atom is 0.261 e. The molecule has 0 aliphatic carbocycles. The van der Waals surface area contributed by atoms with Crippen LogP contribution in [0, 0.1) is 12.7 Å². The van der Waals surface area contributed by atoms with Gasteiger partial charge >= 0.3 is 0 Å². The van der Waals surface area contributed by atoms with E-state index in [0.29, 0.717) is 9.50 Å². The summed E-state index contributed by atoms with van der Waals surface area (Å²) in [5.74, 6) is -0.460. The van der Waals surface area contributed by atoms with E-state index in [-0.39, 0.29) is 10.6 Å². The summed E-state index contributed by atoms with van der Waals surface area (Å²) in [6.07, 6.45) is 0. The first-order chi connectivity index (χ1) is 9.29. The molecule has 0 amide bonds. The van der Waals surface area contributed by atoms with Gasteiger partial charge in [0.2, 0.25) is 0 Å². The van der Waals surface area contributed by atoms with Crippen molar-refractivity contribution in [2.24, 2.45) is 0 Å². The van der Waals surface area contributed by atoms with E-state index in [1.165, 1.54) is 30.3 Å². The zero-order valence-corrected chi connectivity index (χ0v) is 13.5. The maximum absolute atomic E-state index is 13.0. The Labute approximate surface area is 130 Å². The number of hydrogen-bond donors (Lipinski definition) is 1. The van der Waals surface area contributed by atoms with E-state index >= 15 is 0 Å². The molecule has 0 atom stereocenters. The molecule has 7 heteroatoms. The summed E-state index contributed by atoms with van der Waals surface area (Å²) in [4.78, 5) is 0.0457. The molecule has 2 aromatic rings. The van der Waals surface area contributed by atoms with Crippen LogP contribution in [-0.4, -0.2) is 8.42 Å². The van der Waals surface area contributed by atoms with Crippen LogP contribution in [0.4, 0.5) is 10.1 Å². The Bertz CT molecular complexity index is 765. The average Bonchev–Trinajstić information content (AvgIpc) is 2.36. The van der Waals surface area contributed by atoms with Gasteiger partial charge in [0.25, 0.3) is 10.0 Å². The van der Waals surface area contributed by atoms with Crippen LogP contribution in [0.3, 0.4) is 0 Å². The highest BCUT2D eigenvalue weighted by Gasteiger charge is 2.16. The molecular weight excluding hydrogens is 369 g/mol. The molecule has 0 unspecified atom stereocenters. The number of aryl methyl sites for hydroxylation is 1. The average molecular weight is 379 g/mol. The van der Waals surface area contributed by atoms with Gasteiger partial charge in [0, 0.05) is 9.50 Å². The lowest BCUT2D eigenvalue weighted by Gasteiger charge is -2.10. The third-order valence-electron chi connectivity index (χ3n) is 2.63. The number of nitrogens with one attached hydrogen (secondary N) is 1. The Morgan fingerprint density at radius 3 is 2.50 bits per heavy atom. The van der Waals surface area contributed by atoms with Crippen molar-refractivity contribution in [2.75, 3.05) is 4.72 Å². The first kappa shape index (κ1) is 15.3. The van der Waals surface area contributed by atoms with E-state index < -0.39 is 15.8 Å². The molecule has 0 aliphatic rings. The smallest absolute Gasteiger partial charge is 0.261 e. The van der Waals surface area contributed by atoms with Crippen molar-refractivity contribution in [3.8, 4) is 0 Å². The number of halogens is 3. The zero-order valence-electron chi connectivity index (χ0n) is 10.3. The molecule has 2 aromatic carbocycles. The van der Waals surface area contributed by atoms with Crippen molar-refractivity contribution >= 4 is 43.2 Å². The summed E-state index contributed by atoms with van der Waals surface area (Å²) in [6.45, 7) is 1.78. The van der Waals surface area contributed by atoms with Crippen molar-refractivity contribution in [3.05, 3.63) is 57.3 Å². The normalized spacial score (nSPS) is 11.4. The van der Waals surface area contributed by atoms with Crippen molar-refractivity contribution in [1.82, 2.24) is 0 Å². The molecule has 1 N–H and O–H groups in total. The molecule has 0 bridgehead atoms. The van der Waals surface area contributed by atoms with Crippen LogP contribution in [-0.2, 0) is 10.0 Å². The Kier molecular flexibility index (Phi) is 4.36. The van der Waals surface area contributed by atoms with Crippen molar-refractivity contribution in [2.45, 2.75) is 11.8 Å². The Hall–Kier alpha value is -1.11. The SMILES string of the molecule is Cc1ccc(S(=O)(=O)Nc2ccc(F)cc2Br)cc1Cl. The van der Waals surface area contributed by atoms with Crippen molar-refractivity contribution in [1.29, 1.82) is 0 Å². The molecule has 0 fully saturated rings. The quantitative estimate of drug-likeness (QED) is 0.863. The standard InChI is InChI=1S/C13H10BrClFNO2S/c1-8-2-4-10(7-12(8)15)20(18,19)17-13-5-3-9(16)6-11(13)14/h2-7,17H,1H3. The third kappa shape index (κ3) is 3.31. The highest BCUT2D eigenvalue weighted by atomic mass is 79.9. The molecule has 0 aliphatic heterocycles. The predicted octanol–water partition coefficient (Wildman–Crippen LogP) is 4.35. The first-order valence-electron chi connectivity index (χ1n) is 5.53. The van der Waals surface area contributed by atoms with Crippen molar-refractivity contribution < 1.29 is 12.8 Å². The van der Waals surface area contributed by atoms with E-state index in [0.717, 1.165) is 5.56 Å². The maximum atomic E-state index is 13.0. The number of hydrogen-bond acceptors (Lipinski definition) is 2. The Morgan fingerprint density at radius 2 is 1.90 bits per heavy atom. The summed E-state index contributed by atoms with van der Waals surface area (Å²) in [5.41, 5.74) is 1.04. The van der Waals surface area contributed by atoms with Gasteiger partial charge in [0.15, 0.2) is 0 Å². The van der Waals surface area contributed by atoms with Crippen molar-refractivity contribution in [3.63, 3.8) is 0 Å². The lowest BCUT2D eigenvalue weighted by molar-refractivity contribution is 0.601. The largest absolute Gasteiger partial charge is 0.278 e. The van der Waals surface area contributed by atoms with Crippen LogP contribution in [0.5, 0.6) is 0 Å². The topological polar surface area (TPSA) is 46.2 Å². The fourth-order valence-corrected chi connectivity index (χ4v) is 3.45. The number of sulfonamides is 1. The minimum atomic E-state index is -3.77. The summed E-state index contributed by atoms with van der Waals surface area (Å²) in [6, 6.07) is 8.14. The minimum Gasteiger partial charge on any atom is -0.278 e. The van der Waals surface area contributed by atoms with Gasteiger partial charge in [-0.15, -0.1) is 0 Å². The predicted molar refractivity (Wildman–Crippen MR) is 81.1 cm³/mol. The van der Waals surface area contributed by atoms with Gasteiger partial charge in [0.1, 0.15) is 5.82 Å². The van der Waals surface area contributed by atoms with Gasteiger partial charge in [-0.05, 0) is 58.7 Å². The summed E-state index contributed by atoms with van der Waals surface area (Å²) < 4.78 is 40.1. The van der Waals surface area contributed by atoms with Crippen LogP contribution in [0.2, 0.25) is 5.02 Å². The molecule has 20 heavy (non-hydrogen) atoms. The van der Waals surface area contributed by atoms with Gasteiger partial charge in [-0.25, -0.2) is 12.8 Å². The third-order valence-corrected chi connectivity index (χ3v) is 5.06. The van der Waals surface area contributed by atoms with Crippen LogP contribution in [0.25, 0.3) is 0 Å². The molecule has 2 rings (SSSR count). The zero-order chi connectivity index (χ0) is 14.9. The number of rotatable bonds is 3. The summed E-state index contributed by atoms with van der Waals surface area (Å²) in [5, 5.41) is 0.367. The Balaban J connectivity index is 2.38. The molecule has 0 saturated heterocycles. The van der Waals surface area contributed by atoms with Crippen LogP contribution in [0.15, 0.2) is 45.8 Å². The molecule has 0 radical (unpaired) electrons. The monoisotopic (exact) mass is 377 g/mol. The molecule has 3 nitrogen and oxygen atoms in total. The molecule has 106 valence electrons. The van der Waals surface area contributed by atoms with Crippen LogP contribution in [0.1, 0.15) is 5.56 Å². The first-order valence-corrected chi connectivity index (χ1v) is 8.19. The van der Waals surface area contributed by atoms with Gasteiger partial charge in [-0.1, -0.05) is 17.7 Å². The van der Waals surface area contributed by atoms with E-state index in [1.807, 2.05) is 0 Å². The lowest BCUT2D eigenvalue weighted by Crippen LogP contribution is -2.13. The molecule has 0 heterocycles. The summed E-state index contributed by atoms with van der Waals surface area (Å²) >= 11 is 9.03. The van der Waals surface area contributed by atoms with E-state index in [2.05, 4.69) is 20.7 Å².